The summed E-state index contributed by atoms with van der Waals surface area (Å²) in [6.45, 7) is 1.68. The van der Waals surface area contributed by atoms with Crippen molar-refractivity contribution in [2.75, 3.05) is 0 Å². The summed E-state index contributed by atoms with van der Waals surface area (Å²) in [6, 6.07) is 4.12. The first-order valence-corrected chi connectivity index (χ1v) is 6.00. The van der Waals surface area contributed by atoms with Crippen LogP contribution in [0.2, 0.25) is 5.02 Å². The first-order valence-electron chi connectivity index (χ1n) is 5.62. The summed E-state index contributed by atoms with van der Waals surface area (Å²) in [5.41, 5.74) is 0.222. The third-order valence-corrected chi connectivity index (χ3v) is 2.90. The van der Waals surface area contributed by atoms with Crippen LogP contribution in [0.4, 0.5) is 0 Å². The van der Waals surface area contributed by atoms with Gasteiger partial charge < -0.3 is 10.1 Å². The standard InChI is InChI=1S/C12H12ClN3O3/c1-6(12(18)19)14-5-10-15-9-3-2-7(13)4-8(9)11(17)16-10/h2-4,6,14H,5H2,1H3,(H,18,19)(H,15,16,17)/t6-/m1/s1. The summed E-state index contributed by atoms with van der Waals surface area (Å²) in [7, 11) is 0. The van der Waals surface area contributed by atoms with Gasteiger partial charge in [0.05, 0.1) is 17.4 Å². The minimum absolute atomic E-state index is 0.168. The number of aliphatic carboxylic acids is 1. The predicted octanol–water partition coefficient (Wildman–Crippen LogP) is 1.14. The molecule has 0 radical (unpaired) electrons. The molecule has 0 amide bonds. The Bertz CT molecular complexity index is 683. The molecule has 1 aromatic carbocycles. The number of carboxylic acid groups (broad SMARTS) is 1. The second-order valence-corrected chi connectivity index (χ2v) is 4.55. The van der Waals surface area contributed by atoms with Gasteiger partial charge in [-0.15, -0.1) is 0 Å². The van der Waals surface area contributed by atoms with Crippen LogP contribution in [0.1, 0.15) is 12.7 Å². The summed E-state index contributed by atoms with van der Waals surface area (Å²) in [4.78, 5) is 29.3. The molecule has 0 bridgehead atoms. The smallest absolute Gasteiger partial charge is 0.320 e. The molecular formula is C12H12ClN3O3. The van der Waals surface area contributed by atoms with Gasteiger partial charge in [-0.1, -0.05) is 11.6 Å². The average molecular weight is 282 g/mol. The van der Waals surface area contributed by atoms with Gasteiger partial charge in [0.2, 0.25) is 0 Å². The van der Waals surface area contributed by atoms with E-state index in [0.29, 0.717) is 21.7 Å². The van der Waals surface area contributed by atoms with Crippen LogP contribution in [0.25, 0.3) is 10.9 Å². The lowest BCUT2D eigenvalue weighted by Crippen LogP contribution is -2.34. The van der Waals surface area contributed by atoms with Gasteiger partial charge >= 0.3 is 5.97 Å². The van der Waals surface area contributed by atoms with Gasteiger partial charge in [0.25, 0.3) is 5.56 Å². The third kappa shape index (κ3) is 3.10. The van der Waals surface area contributed by atoms with E-state index >= 15 is 0 Å². The van der Waals surface area contributed by atoms with Crippen LogP contribution < -0.4 is 10.9 Å². The van der Waals surface area contributed by atoms with Gasteiger partial charge in [0.15, 0.2) is 0 Å². The topological polar surface area (TPSA) is 95.1 Å². The minimum Gasteiger partial charge on any atom is -0.480 e. The molecule has 19 heavy (non-hydrogen) atoms. The molecule has 100 valence electrons. The highest BCUT2D eigenvalue weighted by molar-refractivity contribution is 6.31. The van der Waals surface area contributed by atoms with Crippen molar-refractivity contribution >= 4 is 28.5 Å². The van der Waals surface area contributed by atoms with Crippen molar-refractivity contribution in [3.8, 4) is 0 Å². The Morgan fingerprint density at radius 3 is 3.00 bits per heavy atom. The SMILES string of the molecule is C[C@@H](NCc1nc2ccc(Cl)cc2c(=O)[nH]1)C(=O)O. The van der Waals surface area contributed by atoms with Crippen LogP contribution in [0.15, 0.2) is 23.0 Å². The predicted molar refractivity (Wildman–Crippen MR) is 71.3 cm³/mol. The molecule has 0 fully saturated rings. The first kappa shape index (κ1) is 13.5. The fourth-order valence-corrected chi connectivity index (χ4v) is 1.75. The number of aromatic amines is 1. The fourth-order valence-electron chi connectivity index (χ4n) is 1.58. The number of fused-ring (bicyclic) bond motifs is 1. The molecule has 0 aliphatic carbocycles. The second kappa shape index (κ2) is 5.38. The van der Waals surface area contributed by atoms with Gasteiger partial charge in [-0.05, 0) is 25.1 Å². The molecule has 1 heterocycles. The van der Waals surface area contributed by atoms with Crippen LogP contribution in [-0.2, 0) is 11.3 Å². The van der Waals surface area contributed by atoms with Crippen LogP contribution >= 0.6 is 11.6 Å². The second-order valence-electron chi connectivity index (χ2n) is 4.11. The van der Waals surface area contributed by atoms with E-state index < -0.39 is 12.0 Å². The van der Waals surface area contributed by atoms with E-state index in [2.05, 4.69) is 15.3 Å². The maximum atomic E-state index is 11.8. The third-order valence-electron chi connectivity index (χ3n) is 2.66. The van der Waals surface area contributed by atoms with Gasteiger partial charge in [0.1, 0.15) is 11.9 Å². The molecule has 2 rings (SSSR count). The van der Waals surface area contributed by atoms with Crippen LogP contribution in [-0.4, -0.2) is 27.1 Å². The zero-order chi connectivity index (χ0) is 14.0. The molecule has 0 unspecified atom stereocenters. The Balaban J connectivity index is 2.29. The summed E-state index contributed by atoms with van der Waals surface area (Å²) >= 11 is 5.81. The molecule has 0 saturated heterocycles. The van der Waals surface area contributed by atoms with Crippen molar-refractivity contribution in [3.63, 3.8) is 0 Å². The lowest BCUT2D eigenvalue weighted by atomic mass is 10.2. The number of benzene rings is 1. The molecule has 1 atom stereocenters. The van der Waals surface area contributed by atoms with Crippen molar-refractivity contribution in [2.24, 2.45) is 0 Å². The number of hydrogen-bond donors (Lipinski definition) is 3. The lowest BCUT2D eigenvalue weighted by molar-refractivity contribution is -0.139. The molecule has 6 nitrogen and oxygen atoms in total. The Morgan fingerprint density at radius 1 is 1.58 bits per heavy atom. The number of carboxylic acids is 1. The van der Waals surface area contributed by atoms with Crippen molar-refractivity contribution < 1.29 is 9.90 Å². The quantitative estimate of drug-likeness (QED) is 0.781. The maximum Gasteiger partial charge on any atom is 0.320 e. The van der Waals surface area contributed by atoms with Crippen molar-refractivity contribution in [1.29, 1.82) is 0 Å². The molecule has 3 N–H and O–H groups in total. The molecule has 0 aliphatic rings. The highest BCUT2D eigenvalue weighted by Gasteiger charge is 2.11. The van der Waals surface area contributed by atoms with Gasteiger partial charge in [0, 0.05) is 5.02 Å². The molecule has 2 aromatic rings. The molecule has 0 saturated carbocycles. The minimum atomic E-state index is -0.963. The Kier molecular flexibility index (Phi) is 3.82. The van der Waals surface area contributed by atoms with E-state index in [1.165, 1.54) is 6.92 Å². The van der Waals surface area contributed by atoms with Crippen LogP contribution in [0, 0.1) is 0 Å². The molecular weight excluding hydrogens is 270 g/mol. The number of nitrogens with one attached hydrogen (secondary N) is 2. The van der Waals surface area contributed by atoms with Crippen molar-refractivity contribution in [2.45, 2.75) is 19.5 Å². The van der Waals surface area contributed by atoms with Crippen molar-refractivity contribution in [3.05, 3.63) is 39.4 Å². The highest BCUT2D eigenvalue weighted by Crippen LogP contribution is 2.14. The number of H-pyrrole nitrogens is 1. The number of rotatable bonds is 4. The van der Waals surface area contributed by atoms with Gasteiger partial charge in [-0.25, -0.2) is 4.98 Å². The Morgan fingerprint density at radius 2 is 2.32 bits per heavy atom. The maximum absolute atomic E-state index is 11.8. The Labute approximate surface area is 113 Å². The van der Waals surface area contributed by atoms with Crippen LogP contribution in [0.3, 0.4) is 0 Å². The highest BCUT2D eigenvalue weighted by atomic mass is 35.5. The monoisotopic (exact) mass is 281 g/mol. The number of nitrogens with zero attached hydrogens (tertiary/aromatic N) is 1. The summed E-state index contributed by atoms with van der Waals surface area (Å²) in [5, 5.41) is 12.4. The summed E-state index contributed by atoms with van der Waals surface area (Å²) in [5.74, 6) is -0.581. The number of aromatic nitrogens is 2. The van der Waals surface area contributed by atoms with Gasteiger partial charge in [-0.2, -0.15) is 0 Å². The molecule has 7 heteroatoms. The van der Waals surface area contributed by atoms with E-state index in [-0.39, 0.29) is 12.1 Å². The number of halogens is 1. The van der Waals surface area contributed by atoms with Crippen LogP contribution in [0.5, 0.6) is 0 Å². The number of hydrogen-bond acceptors (Lipinski definition) is 4. The van der Waals surface area contributed by atoms with Gasteiger partial charge in [-0.3, -0.25) is 14.9 Å². The largest absolute Gasteiger partial charge is 0.480 e. The van der Waals surface area contributed by atoms with E-state index in [9.17, 15) is 9.59 Å². The van der Waals surface area contributed by atoms with E-state index in [1.54, 1.807) is 18.2 Å². The summed E-state index contributed by atoms with van der Waals surface area (Å²) < 4.78 is 0. The zero-order valence-electron chi connectivity index (χ0n) is 10.1. The summed E-state index contributed by atoms with van der Waals surface area (Å²) in [6.07, 6.45) is 0. The lowest BCUT2D eigenvalue weighted by Gasteiger charge is -2.08. The molecule has 1 aromatic heterocycles. The Hall–Kier alpha value is -1.92. The zero-order valence-corrected chi connectivity index (χ0v) is 10.9. The number of carbonyl (C=O) groups is 1. The van der Waals surface area contributed by atoms with E-state index in [1.807, 2.05) is 0 Å². The first-order chi connectivity index (χ1) is 8.97. The van der Waals surface area contributed by atoms with E-state index in [4.69, 9.17) is 16.7 Å². The average Bonchev–Trinajstić information content (AvgIpc) is 2.36. The van der Waals surface area contributed by atoms with Crippen molar-refractivity contribution in [1.82, 2.24) is 15.3 Å². The molecule has 0 spiro atoms. The molecule has 0 aliphatic heterocycles. The normalized spacial score (nSPS) is 12.5. The fraction of sp³-hybridized carbons (Fsp3) is 0.250. The van der Waals surface area contributed by atoms with E-state index in [0.717, 1.165) is 0 Å².